The van der Waals surface area contributed by atoms with Crippen LogP contribution in [-0.4, -0.2) is 60.3 Å². The average molecular weight is 360 g/mol. The van der Waals surface area contributed by atoms with Gasteiger partial charge in [-0.3, -0.25) is 4.90 Å². The predicted molar refractivity (Wildman–Crippen MR) is 99.2 cm³/mol. The third-order valence-corrected chi connectivity index (χ3v) is 5.26. The molecule has 0 radical (unpaired) electrons. The van der Waals surface area contributed by atoms with Crippen molar-refractivity contribution >= 4 is 23.1 Å². The van der Waals surface area contributed by atoms with Crippen LogP contribution in [0.4, 0.5) is 11.5 Å². The zero-order valence-corrected chi connectivity index (χ0v) is 15.0. The fourth-order valence-electron chi connectivity index (χ4n) is 3.76. The molecule has 0 spiro atoms. The van der Waals surface area contributed by atoms with E-state index in [1.807, 2.05) is 7.05 Å². The monoisotopic (exact) mass is 359 g/mol. The van der Waals surface area contributed by atoms with Gasteiger partial charge in [0, 0.05) is 33.2 Å². The van der Waals surface area contributed by atoms with Gasteiger partial charge < -0.3 is 15.0 Å². The Kier molecular flexibility index (Phi) is 4.74. The molecular weight excluding hydrogens is 338 g/mol. The zero-order valence-electron chi connectivity index (χ0n) is 14.2. The topological polar surface area (TPSA) is 53.5 Å². The summed E-state index contributed by atoms with van der Waals surface area (Å²) in [6.07, 6.45) is 1.71. The number of nitrogens with zero attached hydrogens (tertiary/aromatic N) is 4. The van der Waals surface area contributed by atoms with E-state index >= 15 is 0 Å². The molecule has 1 aromatic carbocycles. The van der Waals surface area contributed by atoms with E-state index < -0.39 is 0 Å². The first-order chi connectivity index (χ1) is 12.3. The number of fused-ring (bicyclic) bond motifs is 1. The highest BCUT2D eigenvalue weighted by Crippen LogP contribution is 2.33. The molecule has 0 bridgehead atoms. The summed E-state index contributed by atoms with van der Waals surface area (Å²) in [5, 5.41) is 3.57. The highest BCUT2D eigenvalue weighted by molar-refractivity contribution is 6.32. The number of nitrogens with one attached hydrogen (secondary N) is 1. The molecule has 2 fully saturated rings. The molecule has 4 rings (SSSR count). The standard InChI is InChI=1S/C18H22ClN5O/c1-20-16-17(19)21-12-22-18(16)24-10-14-15(11-24)25-8-7-23(14)9-13-5-3-2-4-6-13/h2-6,12,14-15,20H,7-11H2,1H3. The fraction of sp³-hybridized carbons (Fsp3) is 0.444. The zero-order chi connectivity index (χ0) is 17.2. The number of morpholine rings is 1. The van der Waals surface area contributed by atoms with E-state index in [9.17, 15) is 0 Å². The van der Waals surface area contributed by atoms with Crippen LogP contribution in [0.15, 0.2) is 36.7 Å². The average Bonchev–Trinajstić information content (AvgIpc) is 3.07. The molecule has 2 aliphatic rings. The van der Waals surface area contributed by atoms with Gasteiger partial charge >= 0.3 is 0 Å². The van der Waals surface area contributed by atoms with Crippen LogP contribution in [0.25, 0.3) is 0 Å². The Labute approximate surface area is 152 Å². The fourth-order valence-corrected chi connectivity index (χ4v) is 3.98. The maximum atomic E-state index is 6.21. The minimum atomic E-state index is 0.191. The van der Waals surface area contributed by atoms with Gasteiger partial charge in [-0.15, -0.1) is 0 Å². The summed E-state index contributed by atoms with van der Waals surface area (Å²) in [6.45, 7) is 4.36. The Morgan fingerprint density at radius 3 is 2.88 bits per heavy atom. The number of ether oxygens (including phenoxy) is 1. The summed E-state index contributed by atoms with van der Waals surface area (Å²) < 4.78 is 6.05. The molecule has 0 amide bonds. The number of rotatable bonds is 4. The predicted octanol–water partition coefficient (Wildman–Crippen LogP) is 2.26. The second-order valence-corrected chi connectivity index (χ2v) is 6.81. The van der Waals surface area contributed by atoms with Crippen LogP contribution in [0.2, 0.25) is 5.15 Å². The highest BCUT2D eigenvalue weighted by Gasteiger charge is 2.41. The molecule has 3 heterocycles. The third kappa shape index (κ3) is 3.29. The van der Waals surface area contributed by atoms with Gasteiger partial charge in [0.05, 0.1) is 18.8 Å². The van der Waals surface area contributed by atoms with Crippen molar-refractivity contribution in [2.75, 3.05) is 43.5 Å². The van der Waals surface area contributed by atoms with Crippen LogP contribution in [0.1, 0.15) is 5.56 Å². The van der Waals surface area contributed by atoms with Crippen LogP contribution in [-0.2, 0) is 11.3 Å². The molecule has 6 nitrogen and oxygen atoms in total. The van der Waals surface area contributed by atoms with Crippen LogP contribution >= 0.6 is 11.6 Å². The lowest BCUT2D eigenvalue weighted by molar-refractivity contribution is -0.0499. The van der Waals surface area contributed by atoms with Crippen molar-refractivity contribution in [3.8, 4) is 0 Å². The van der Waals surface area contributed by atoms with Gasteiger partial charge in [-0.25, -0.2) is 9.97 Å². The lowest BCUT2D eigenvalue weighted by Gasteiger charge is -2.36. The van der Waals surface area contributed by atoms with Crippen molar-refractivity contribution in [2.45, 2.75) is 18.7 Å². The number of benzene rings is 1. The van der Waals surface area contributed by atoms with E-state index in [0.29, 0.717) is 11.2 Å². The highest BCUT2D eigenvalue weighted by atomic mass is 35.5. The molecule has 1 N–H and O–H groups in total. The minimum Gasteiger partial charge on any atom is -0.383 e. The summed E-state index contributed by atoms with van der Waals surface area (Å²) in [5.41, 5.74) is 2.11. The van der Waals surface area contributed by atoms with Gasteiger partial charge in [0.2, 0.25) is 0 Å². The van der Waals surface area contributed by atoms with Gasteiger partial charge in [-0.2, -0.15) is 0 Å². The Hall–Kier alpha value is -1.89. The van der Waals surface area contributed by atoms with Crippen LogP contribution in [0.5, 0.6) is 0 Å². The molecule has 0 aliphatic carbocycles. The molecule has 2 saturated heterocycles. The number of aromatic nitrogens is 2. The van der Waals surface area contributed by atoms with Gasteiger partial charge in [0.1, 0.15) is 12.0 Å². The quantitative estimate of drug-likeness (QED) is 0.845. The third-order valence-electron chi connectivity index (χ3n) is 4.98. The van der Waals surface area contributed by atoms with Crippen molar-refractivity contribution in [2.24, 2.45) is 0 Å². The molecule has 2 unspecified atom stereocenters. The normalized spacial score (nSPS) is 23.5. The van der Waals surface area contributed by atoms with E-state index in [-0.39, 0.29) is 6.10 Å². The number of anilines is 2. The van der Waals surface area contributed by atoms with E-state index in [1.165, 1.54) is 11.9 Å². The molecule has 2 atom stereocenters. The molecule has 25 heavy (non-hydrogen) atoms. The number of hydrogen-bond acceptors (Lipinski definition) is 6. The van der Waals surface area contributed by atoms with Crippen molar-refractivity contribution in [3.63, 3.8) is 0 Å². The summed E-state index contributed by atoms with van der Waals surface area (Å²) in [5.74, 6) is 0.847. The maximum absolute atomic E-state index is 6.21. The molecular formula is C18H22ClN5O. The van der Waals surface area contributed by atoms with Crippen molar-refractivity contribution < 1.29 is 4.74 Å². The van der Waals surface area contributed by atoms with Crippen molar-refractivity contribution in [1.82, 2.24) is 14.9 Å². The second-order valence-electron chi connectivity index (χ2n) is 6.45. The van der Waals surface area contributed by atoms with E-state index in [4.69, 9.17) is 16.3 Å². The summed E-state index contributed by atoms with van der Waals surface area (Å²) in [7, 11) is 1.84. The summed E-state index contributed by atoms with van der Waals surface area (Å²) >= 11 is 6.21. The second kappa shape index (κ2) is 7.15. The van der Waals surface area contributed by atoms with E-state index in [1.54, 1.807) is 0 Å². The minimum absolute atomic E-state index is 0.191. The van der Waals surface area contributed by atoms with Gasteiger partial charge in [-0.1, -0.05) is 41.9 Å². The maximum Gasteiger partial charge on any atom is 0.157 e. The molecule has 0 saturated carbocycles. The lowest BCUT2D eigenvalue weighted by atomic mass is 10.1. The van der Waals surface area contributed by atoms with Gasteiger partial charge in [-0.05, 0) is 5.56 Å². The van der Waals surface area contributed by atoms with Gasteiger partial charge in [0.15, 0.2) is 11.0 Å². The smallest absolute Gasteiger partial charge is 0.157 e. The molecule has 132 valence electrons. The van der Waals surface area contributed by atoms with Crippen molar-refractivity contribution in [1.29, 1.82) is 0 Å². The first-order valence-electron chi connectivity index (χ1n) is 8.59. The number of halogens is 1. The largest absolute Gasteiger partial charge is 0.383 e. The number of hydrogen-bond donors (Lipinski definition) is 1. The van der Waals surface area contributed by atoms with Crippen LogP contribution in [0.3, 0.4) is 0 Å². The summed E-state index contributed by atoms with van der Waals surface area (Å²) in [6, 6.07) is 11.0. The first kappa shape index (κ1) is 16.6. The van der Waals surface area contributed by atoms with E-state index in [2.05, 4.69) is 55.4 Å². The molecule has 2 aromatic rings. The lowest BCUT2D eigenvalue weighted by Crippen LogP contribution is -2.50. The van der Waals surface area contributed by atoms with Gasteiger partial charge in [0.25, 0.3) is 0 Å². The Balaban J connectivity index is 1.54. The Bertz CT molecular complexity index is 729. The summed E-state index contributed by atoms with van der Waals surface area (Å²) in [4.78, 5) is 13.3. The first-order valence-corrected chi connectivity index (χ1v) is 8.97. The molecule has 2 aliphatic heterocycles. The Morgan fingerprint density at radius 2 is 2.08 bits per heavy atom. The Morgan fingerprint density at radius 1 is 1.24 bits per heavy atom. The van der Waals surface area contributed by atoms with Crippen LogP contribution in [0, 0.1) is 0 Å². The van der Waals surface area contributed by atoms with Crippen LogP contribution < -0.4 is 10.2 Å². The molecule has 1 aromatic heterocycles. The van der Waals surface area contributed by atoms with Crippen molar-refractivity contribution in [3.05, 3.63) is 47.4 Å². The molecule has 7 heteroatoms. The van der Waals surface area contributed by atoms with E-state index in [0.717, 1.165) is 44.3 Å². The SMILES string of the molecule is CNc1c(Cl)ncnc1N1CC2OCCN(Cc3ccccc3)C2C1.